The van der Waals surface area contributed by atoms with Crippen molar-refractivity contribution in [2.24, 2.45) is 5.14 Å². The summed E-state index contributed by atoms with van der Waals surface area (Å²) in [7, 11) is -2.29. The molecular weight excluding hydrogens is 322 g/mol. The molecule has 0 spiro atoms. The van der Waals surface area contributed by atoms with Crippen LogP contribution in [-0.2, 0) is 14.8 Å². The smallest absolute Gasteiger partial charge is 0.338 e. The summed E-state index contributed by atoms with van der Waals surface area (Å²) in [5.41, 5.74) is 0.0202. The fourth-order valence-corrected chi connectivity index (χ4v) is 2.10. The van der Waals surface area contributed by atoms with Crippen molar-refractivity contribution >= 4 is 22.0 Å². The molecule has 7 nitrogen and oxygen atoms in total. The molecule has 2 rings (SSSR count). The molecule has 8 heteroatoms. The minimum atomic E-state index is -3.50. The average Bonchev–Trinajstić information content (AvgIpc) is 2.54. The Morgan fingerprint density at radius 1 is 0.957 bits per heavy atom. The van der Waals surface area contributed by atoms with Gasteiger partial charge in [-0.2, -0.15) is 0 Å². The number of benzene rings is 2. The number of rotatable bonds is 3. The van der Waals surface area contributed by atoms with Gasteiger partial charge in [-0.3, -0.25) is 0 Å². The molecular formula is C15H15NO6S. The van der Waals surface area contributed by atoms with E-state index in [0.717, 1.165) is 0 Å². The van der Waals surface area contributed by atoms with Crippen LogP contribution in [0.4, 0.5) is 0 Å². The number of nitrogens with two attached hydrogens (primary N) is 1. The fraction of sp³-hybridized carbons (Fsp3) is 0.0667. The normalized spacial score (nSPS) is 10.2. The minimum absolute atomic E-state index is 0.0469. The van der Waals surface area contributed by atoms with E-state index in [2.05, 4.69) is 4.74 Å². The lowest BCUT2D eigenvalue weighted by Gasteiger charge is -2.02. The van der Waals surface area contributed by atoms with Gasteiger partial charge in [0.15, 0.2) is 0 Å². The van der Waals surface area contributed by atoms with Crippen LogP contribution in [0.2, 0.25) is 0 Å². The van der Waals surface area contributed by atoms with E-state index < -0.39 is 22.0 Å². The molecule has 0 saturated carbocycles. The van der Waals surface area contributed by atoms with Crippen molar-refractivity contribution in [3.63, 3.8) is 0 Å². The maximum atomic E-state index is 11.1. The molecule has 2 aromatic rings. The van der Waals surface area contributed by atoms with Crippen LogP contribution in [-0.4, -0.2) is 32.6 Å². The molecule has 0 aliphatic heterocycles. The summed E-state index contributed by atoms with van der Waals surface area (Å²) in [6.45, 7) is 0. The quantitative estimate of drug-likeness (QED) is 0.818. The van der Waals surface area contributed by atoms with E-state index in [9.17, 15) is 18.0 Å². The third-order valence-corrected chi connectivity index (χ3v) is 3.56. The third kappa shape index (κ3) is 5.53. The van der Waals surface area contributed by atoms with Gasteiger partial charge in [0.05, 0.1) is 23.1 Å². The summed E-state index contributed by atoms with van der Waals surface area (Å²) in [6.07, 6.45) is 0. The Morgan fingerprint density at radius 3 is 1.83 bits per heavy atom. The maximum absolute atomic E-state index is 11.1. The van der Waals surface area contributed by atoms with Crippen molar-refractivity contribution < 1.29 is 27.9 Å². The van der Waals surface area contributed by atoms with Crippen LogP contribution in [0, 0.1) is 0 Å². The van der Waals surface area contributed by atoms with Crippen LogP contribution >= 0.6 is 0 Å². The number of carbonyl (C=O) groups is 2. The first kappa shape index (κ1) is 18.3. The number of ether oxygens (including phenoxy) is 1. The monoisotopic (exact) mass is 337 g/mol. The Hall–Kier alpha value is -2.71. The molecule has 0 bridgehead atoms. The van der Waals surface area contributed by atoms with E-state index in [1.807, 2.05) is 0 Å². The highest BCUT2D eigenvalue weighted by atomic mass is 32.2. The van der Waals surface area contributed by atoms with E-state index in [1.54, 1.807) is 30.3 Å². The Labute approximate surface area is 133 Å². The van der Waals surface area contributed by atoms with E-state index in [4.69, 9.17) is 10.2 Å². The lowest BCUT2D eigenvalue weighted by molar-refractivity contribution is 0.0582. The zero-order chi connectivity index (χ0) is 17.5. The van der Waals surface area contributed by atoms with Crippen molar-refractivity contribution in [2.45, 2.75) is 4.90 Å². The largest absolute Gasteiger partial charge is 0.478 e. The van der Waals surface area contributed by atoms with Crippen LogP contribution in [0.1, 0.15) is 20.7 Å². The topological polar surface area (TPSA) is 124 Å². The van der Waals surface area contributed by atoms with E-state index >= 15 is 0 Å². The number of carboxylic acids is 1. The van der Waals surface area contributed by atoms with Crippen LogP contribution < -0.4 is 5.14 Å². The number of carboxylic acid groups (broad SMARTS) is 1. The highest BCUT2D eigenvalue weighted by Crippen LogP contribution is 2.09. The molecule has 0 unspecified atom stereocenters. The number of carbonyl (C=O) groups excluding carboxylic acids is 1. The van der Waals surface area contributed by atoms with Gasteiger partial charge in [-0.1, -0.05) is 30.3 Å². The minimum Gasteiger partial charge on any atom is -0.478 e. The number of methoxy groups -OCH3 is 1. The number of primary sulfonamides is 1. The number of hydrogen-bond donors (Lipinski definition) is 2. The lowest BCUT2D eigenvalue weighted by Crippen LogP contribution is -2.11. The van der Waals surface area contributed by atoms with Crippen molar-refractivity contribution in [3.8, 4) is 0 Å². The second kappa shape index (κ2) is 8.06. The van der Waals surface area contributed by atoms with Gasteiger partial charge in [-0.15, -0.1) is 0 Å². The molecule has 0 atom stereocenters. The predicted octanol–water partition coefficient (Wildman–Crippen LogP) is 1.51. The molecule has 0 fully saturated rings. The molecule has 0 saturated heterocycles. The molecule has 23 heavy (non-hydrogen) atoms. The molecule has 0 aliphatic rings. The highest BCUT2D eigenvalue weighted by molar-refractivity contribution is 7.89. The Bertz CT molecular complexity index is 787. The van der Waals surface area contributed by atoms with Crippen molar-refractivity contribution in [3.05, 3.63) is 65.7 Å². The summed E-state index contributed by atoms with van der Waals surface area (Å²) in [5, 5.41) is 13.5. The molecule has 0 amide bonds. The van der Waals surface area contributed by atoms with Gasteiger partial charge in [-0.05, 0) is 24.3 Å². The summed E-state index contributed by atoms with van der Waals surface area (Å²) >= 11 is 0. The van der Waals surface area contributed by atoms with Gasteiger partial charge in [0.2, 0.25) is 10.0 Å². The molecule has 0 aliphatic carbocycles. The first-order chi connectivity index (χ1) is 10.8. The maximum Gasteiger partial charge on any atom is 0.338 e. The number of esters is 1. The van der Waals surface area contributed by atoms with Gasteiger partial charge in [-0.25, -0.2) is 23.1 Å². The SMILES string of the molecule is COC(=O)c1ccccc1C(=O)O.NS(=O)(=O)c1ccccc1. The fourth-order valence-electron chi connectivity index (χ4n) is 1.57. The van der Waals surface area contributed by atoms with Gasteiger partial charge < -0.3 is 9.84 Å². The summed E-state index contributed by atoms with van der Waals surface area (Å²) in [6, 6.07) is 13.8. The Kier molecular flexibility index (Phi) is 6.43. The molecule has 122 valence electrons. The molecule has 0 aromatic heterocycles. The molecule has 0 radical (unpaired) electrons. The summed E-state index contributed by atoms with van der Waals surface area (Å²) in [4.78, 5) is 21.8. The molecule has 0 heterocycles. The standard InChI is InChI=1S/C9H8O4.C6H7NO2S/c1-13-9(12)7-5-3-2-4-6(7)8(10)11;7-10(8,9)6-4-2-1-3-5-6/h2-5H,1H3,(H,10,11);1-5H,(H2,7,8,9). The Balaban J connectivity index is 0.000000238. The number of hydrogen-bond acceptors (Lipinski definition) is 5. The van der Waals surface area contributed by atoms with E-state index in [0.29, 0.717) is 0 Å². The highest BCUT2D eigenvalue weighted by Gasteiger charge is 2.15. The zero-order valence-electron chi connectivity index (χ0n) is 12.2. The summed E-state index contributed by atoms with van der Waals surface area (Å²) < 4.78 is 25.6. The third-order valence-electron chi connectivity index (χ3n) is 2.63. The molecule has 2 aromatic carbocycles. The predicted molar refractivity (Wildman–Crippen MR) is 82.6 cm³/mol. The number of sulfonamides is 1. The van der Waals surface area contributed by atoms with E-state index in [-0.39, 0.29) is 16.0 Å². The van der Waals surface area contributed by atoms with Crippen LogP contribution in [0.5, 0.6) is 0 Å². The second-order valence-corrected chi connectivity index (χ2v) is 5.76. The zero-order valence-corrected chi connectivity index (χ0v) is 13.0. The van der Waals surface area contributed by atoms with E-state index in [1.165, 1.54) is 31.4 Å². The molecule has 3 N–H and O–H groups in total. The lowest BCUT2D eigenvalue weighted by atomic mass is 10.1. The van der Waals surface area contributed by atoms with Gasteiger partial charge >= 0.3 is 11.9 Å². The van der Waals surface area contributed by atoms with Crippen LogP contribution in [0.25, 0.3) is 0 Å². The van der Waals surface area contributed by atoms with Crippen LogP contribution in [0.3, 0.4) is 0 Å². The van der Waals surface area contributed by atoms with Crippen molar-refractivity contribution in [1.29, 1.82) is 0 Å². The second-order valence-electron chi connectivity index (χ2n) is 4.20. The first-order valence-corrected chi connectivity index (χ1v) is 7.80. The van der Waals surface area contributed by atoms with Crippen molar-refractivity contribution in [2.75, 3.05) is 7.11 Å². The van der Waals surface area contributed by atoms with Gasteiger partial charge in [0, 0.05) is 0 Å². The Morgan fingerprint density at radius 2 is 1.43 bits per heavy atom. The number of aromatic carboxylic acids is 1. The summed E-state index contributed by atoms with van der Waals surface area (Å²) in [5.74, 6) is -1.78. The first-order valence-electron chi connectivity index (χ1n) is 6.26. The van der Waals surface area contributed by atoms with Gasteiger partial charge in [0.1, 0.15) is 0 Å². The van der Waals surface area contributed by atoms with Crippen LogP contribution in [0.15, 0.2) is 59.5 Å². The average molecular weight is 337 g/mol. The van der Waals surface area contributed by atoms with Crippen molar-refractivity contribution in [1.82, 2.24) is 0 Å². The van der Waals surface area contributed by atoms with Gasteiger partial charge in [0.25, 0.3) is 0 Å².